The number of aryl methyl sites for hydroxylation is 1. The minimum absolute atomic E-state index is 0.0579. The standard InChI is InChI=1S/C26H27ClF3N5O2/c1-3-34-8-10-35(11-9-34)15-19-6-7-20(13-21(19)26(28,29)30)33-25(36)18-5-4-17(2)22(12-18)37-24-14-23(27)31-16-32-24/h4-7,12-14,16H,3,8-11,15H2,1-2H3,(H,33,36). The van der Waals surface area contributed by atoms with Crippen molar-refractivity contribution in [2.24, 2.45) is 0 Å². The molecule has 0 spiro atoms. The molecular weight excluding hydrogens is 507 g/mol. The first-order chi connectivity index (χ1) is 17.6. The summed E-state index contributed by atoms with van der Waals surface area (Å²) in [5.74, 6) is -0.0128. The number of amides is 1. The van der Waals surface area contributed by atoms with Crippen LogP contribution in [0.1, 0.15) is 34.0 Å². The van der Waals surface area contributed by atoms with Crippen molar-refractivity contribution in [2.75, 3.05) is 38.0 Å². The number of nitrogens with one attached hydrogen (secondary N) is 1. The lowest BCUT2D eigenvalue weighted by molar-refractivity contribution is -0.138. The van der Waals surface area contributed by atoms with Gasteiger partial charge in [0.15, 0.2) is 0 Å². The maximum Gasteiger partial charge on any atom is 0.416 e. The number of hydrogen-bond acceptors (Lipinski definition) is 6. The van der Waals surface area contributed by atoms with Gasteiger partial charge in [-0.3, -0.25) is 9.69 Å². The molecule has 2 aromatic carbocycles. The van der Waals surface area contributed by atoms with Crippen LogP contribution in [0.15, 0.2) is 48.8 Å². The summed E-state index contributed by atoms with van der Waals surface area (Å²) in [4.78, 5) is 25.0. The third-order valence-electron chi connectivity index (χ3n) is 6.25. The third kappa shape index (κ3) is 6.97. The van der Waals surface area contributed by atoms with Gasteiger partial charge in [0.2, 0.25) is 5.88 Å². The molecule has 196 valence electrons. The number of likely N-dealkylation sites (N-methyl/N-ethyl adjacent to an activating group) is 1. The number of aromatic nitrogens is 2. The number of carbonyl (C=O) groups excluding carboxylic acids is 1. The summed E-state index contributed by atoms with van der Waals surface area (Å²) in [6.07, 6.45) is -3.30. The average Bonchev–Trinajstić information content (AvgIpc) is 2.86. The van der Waals surface area contributed by atoms with Crippen molar-refractivity contribution < 1.29 is 22.7 Å². The summed E-state index contributed by atoms with van der Waals surface area (Å²) < 4.78 is 47.5. The van der Waals surface area contributed by atoms with Gasteiger partial charge in [0, 0.05) is 50.0 Å². The molecule has 1 N–H and O–H groups in total. The molecule has 2 heterocycles. The molecule has 1 saturated heterocycles. The van der Waals surface area contributed by atoms with Crippen molar-refractivity contribution in [1.29, 1.82) is 0 Å². The lowest BCUT2D eigenvalue weighted by Crippen LogP contribution is -2.45. The number of carbonyl (C=O) groups is 1. The van der Waals surface area contributed by atoms with Crippen LogP contribution in [0.25, 0.3) is 0 Å². The second-order valence-corrected chi connectivity index (χ2v) is 9.18. The SMILES string of the molecule is CCN1CCN(Cc2ccc(NC(=O)c3ccc(C)c(Oc4cc(Cl)ncn4)c3)cc2C(F)(F)F)CC1. The van der Waals surface area contributed by atoms with E-state index in [1.807, 2.05) is 4.90 Å². The molecule has 0 saturated carbocycles. The van der Waals surface area contributed by atoms with E-state index in [1.54, 1.807) is 19.1 Å². The Morgan fingerprint density at radius 2 is 1.78 bits per heavy atom. The van der Waals surface area contributed by atoms with Gasteiger partial charge in [-0.05, 0) is 48.9 Å². The van der Waals surface area contributed by atoms with E-state index in [4.69, 9.17) is 16.3 Å². The zero-order valence-electron chi connectivity index (χ0n) is 20.5. The molecule has 11 heteroatoms. The van der Waals surface area contributed by atoms with E-state index in [0.717, 1.165) is 31.3 Å². The molecule has 0 unspecified atom stereocenters. The molecule has 4 rings (SSSR count). The van der Waals surface area contributed by atoms with Gasteiger partial charge in [-0.15, -0.1) is 0 Å². The maximum atomic E-state index is 13.9. The molecule has 3 aromatic rings. The molecule has 37 heavy (non-hydrogen) atoms. The highest BCUT2D eigenvalue weighted by molar-refractivity contribution is 6.29. The predicted molar refractivity (Wildman–Crippen MR) is 135 cm³/mol. The Bertz CT molecular complexity index is 1260. The number of hydrogen-bond donors (Lipinski definition) is 1. The van der Waals surface area contributed by atoms with E-state index >= 15 is 0 Å². The molecule has 1 aromatic heterocycles. The largest absolute Gasteiger partial charge is 0.439 e. The van der Waals surface area contributed by atoms with Gasteiger partial charge in [-0.25, -0.2) is 9.97 Å². The number of benzene rings is 2. The molecule has 0 bridgehead atoms. The molecule has 1 fully saturated rings. The zero-order chi connectivity index (χ0) is 26.6. The van der Waals surface area contributed by atoms with Crippen LogP contribution in [-0.2, 0) is 12.7 Å². The summed E-state index contributed by atoms with van der Waals surface area (Å²) in [6.45, 7) is 8.08. The first-order valence-corrected chi connectivity index (χ1v) is 12.2. The number of alkyl halides is 3. The Hall–Kier alpha value is -3.21. The van der Waals surface area contributed by atoms with Crippen molar-refractivity contribution in [3.05, 3.63) is 76.2 Å². The second kappa shape index (κ2) is 11.5. The number of nitrogens with zero attached hydrogens (tertiary/aromatic N) is 4. The highest BCUT2D eigenvalue weighted by atomic mass is 35.5. The second-order valence-electron chi connectivity index (χ2n) is 8.80. The Morgan fingerprint density at radius 1 is 1.05 bits per heavy atom. The van der Waals surface area contributed by atoms with E-state index in [9.17, 15) is 18.0 Å². The van der Waals surface area contributed by atoms with Crippen LogP contribution in [0.2, 0.25) is 5.15 Å². The number of halogens is 4. The van der Waals surface area contributed by atoms with Gasteiger partial charge in [0.05, 0.1) is 5.56 Å². The van der Waals surface area contributed by atoms with Gasteiger partial charge in [-0.1, -0.05) is 30.7 Å². The maximum absolute atomic E-state index is 13.9. The first-order valence-electron chi connectivity index (χ1n) is 11.8. The van der Waals surface area contributed by atoms with E-state index in [-0.39, 0.29) is 34.4 Å². The molecule has 1 aliphatic rings. The molecule has 0 atom stereocenters. The number of anilines is 1. The van der Waals surface area contributed by atoms with Crippen LogP contribution in [0, 0.1) is 6.92 Å². The summed E-state index contributed by atoms with van der Waals surface area (Å²) in [5, 5.41) is 2.77. The van der Waals surface area contributed by atoms with Crippen LogP contribution in [0.3, 0.4) is 0 Å². The Morgan fingerprint density at radius 3 is 2.46 bits per heavy atom. The molecule has 0 aliphatic carbocycles. The summed E-state index contributed by atoms with van der Waals surface area (Å²) in [7, 11) is 0. The third-order valence-corrected chi connectivity index (χ3v) is 6.46. The number of piperazine rings is 1. The Kier molecular flexibility index (Phi) is 8.31. The molecule has 7 nitrogen and oxygen atoms in total. The fourth-order valence-electron chi connectivity index (χ4n) is 4.10. The Balaban J connectivity index is 1.50. The van der Waals surface area contributed by atoms with Crippen molar-refractivity contribution in [2.45, 2.75) is 26.6 Å². The summed E-state index contributed by atoms with van der Waals surface area (Å²) in [6, 6.07) is 10.1. The van der Waals surface area contributed by atoms with Crippen molar-refractivity contribution in [3.8, 4) is 11.6 Å². The van der Waals surface area contributed by atoms with Gasteiger partial charge < -0.3 is 15.0 Å². The van der Waals surface area contributed by atoms with Crippen LogP contribution in [0.4, 0.5) is 18.9 Å². The summed E-state index contributed by atoms with van der Waals surface area (Å²) >= 11 is 5.87. The zero-order valence-corrected chi connectivity index (χ0v) is 21.2. The predicted octanol–water partition coefficient (Wildman–Crippen LogP) is 5.64. The van der Waals surface area contributed by atoms with Crippen molar-refractivity contribution in [1.82, 2.24) is 19.8 Å². The number of ether oxygens (including phenoxy) is 1. The quantitative estimate of drug-likeness (QED) is 0.396. The fourth-order valence-corrected chi connectivity index (χ4v) is 4.24. The van der Waals surface area contributed by atoms with E-state index in [2.05, 4.69) is 27.1 Å². The Labute approximate surface area is 218 Å². The topological polar surface area (TPSA) is 70.6 Å². The van der Waals surface area contributed by atoms with Crippen molar-refractivity contribution >= 4 is 23.2 Å². The van der Waals surface area contributed by atoms with Gasteiger partial charge in [-0.2, -0.15) is 13.2 Å². The summed E-state index contributed by atoms with van der Waals surface area (Å²) in [5.41, 5.74) is 0.436. The lowest BCUT2D eigenvalue weighted by atomic mass is 10.0. The molecule has 0 radical (unpaired) electrons. The van der Waals surface area contributed by atoms with Crippen LogP contribution >= 0.6 is 11.6 Å². The van der Waals surface area contributed by atoms with E-state index in [1.165, 1.54) is 30.6 Å². The number of rotatable bonds is 7. The minimum Gasteiger partial charge on any atom is -0.439 e. The van der Waals surface area contributed by atoms with Crippen LogP contribution < -0.4 is 10.1 Å². The van der Waals surface area contributed by atoms with Gasteiger partial charge in [0.1, 0.15) is 17.2 Å². The molecule has 1 amide bonds. The molecular formula is C26H27ClF3N5O2. The highest BCUT2D eigenvalue weighted by Crippen LogP contribution is 2.35. The smallest absolute Gasteiger partial charge is 0.416 e. The fraction of sp³-hybridized carbons (Fsp3) is 0.346. The highest BCUT2D eigenvalue weighted by Gasteiger charge is 2.34. The van der Waals surface area contributed by atoms with Crippen molar-refractivity contribution in [3.63, 3.8) is 0 Å². The first kappa shape index (κ1) is 26.8. The minimum atomic E-state index is -4.55. The van der Waals surface area contributed by atoms with E-state index < -0.39 is 17.6 Å². The van der Waals surface area contributed by atoms with Crippen LogP contribution in [-0.4, -0.2) is 58.4 Å². The van der Waals surface area contributed by atoms with Gasteiger partial charge in [0.25, 0.3) is 5.91 Å². The average molecular weight is 534 g/mol. The van der Waals surface area contributed by atoms with E-state index in [0.29, 0.717) is 18.8 Å². The van der Waals surface area contributed by atoms with Crippen LogP contribution in [0.5, 0.6) is 11.6 Å². The van der Waals surface area contributed by atoms with Gasteiger partial charge >= 0.3 is 6.18 Å². The lowest BCUT2D eigenvalue weighted by Gasteiger charge is -2.34. The normalized spacial score (nSPS) is 15.0. The molecule has 1 aliphatic heterocycles. The monoisotopic (exact) mass is 533 g/mol.